The first-order valence-electron chi connectivity index (χ1n) is 3.44. The molecule has 0 unspecified atom stereocenters. The van der Waals surface area contributed by atoms with Crippen molar-refractivity contribution in [1.82, 2.24) is 4.98 Å². The van der Waals surface area contributed by atoms with Crippen LogP contribution in [-0.2, 0) is 6.42 Å². The van der Waals surface area contributed by atoms with Gasteiger partial charge in [0, 0.05) is 29.9 Å². The van der Waals surface area contributed by atoms with Crippen molar-refractivity contribution in [2.24, 2.45) is 0 Å². The molecular formula is C8H9NO. The fourth-order valence-electron chi connectivity index (χ4n) is 1.26. The highest BCUT2D eigenvalue weighted by atomic mass is 16.5. The Bertz CT molecular complexity index is 257. The second kappa shape index (κ2) is 1.97. The fraction of sp³-hybridized carbons (Fsp3) is 0.375. The quantitative estimate of drug-likeness (QED) is 0.535. The van der Waals surface area contributed by atoms with E-state index in [0.29, 0.717) is 0 Å². The molecule has 2 rings (SSSR count). The van der Waals surface area contributed by atoms with Crippen LogP contribution in [0.3, 0.4) is 0 Å². The summed E-state index contributed by atoms with van der Waals surface area (Å²) in [7, 11) is 0. The van der Waals surface area contributed by atoms with Gasteiger partial charge < -0.3 is 4.74 Å². The predicted molar refractivity (Wildman–Crippen MR) is 38.2 cm³/mol. The number of pyridine rings is 1. The Labute approximate surface area is 59.9 Å². The van der Waals surface area contributed by atoms with Crippen molar-refractivity contribution < 1.29 is 4.74 Å². The Morgan fingerprint density at radius 3 is 3.20 bits per heavy atom. The molecule has 0 aliphatic carbocycles. The van der Waals surface area contributed by atoms with Crippen molar-refractivity contribution in [2.75, 3.05) is 6.61 Å². The van der Waals surface area contributed by atoms with Crippen molar-refractivity contribution >= 4 is 0 Å². The molecule has 2 nitrogen and oxygen atoms in total. The van der Waals surface area contributed by atoms with Crippen molar-refractivity contribution in [3.05, 3.63) is 23.5 Å². The van der Waals surface area contributed by atoms with Gasteiger partial charge >= 0.3 is 0 Å². The van der Waals surface area contributed by atoms with E-state index in [-0.39, 0.29) is 0 Å². The summed E-state index contributed by atoms with van der Waals surface area (Å²) >= 11 is 0. The van der Waals surface area contributed by atoms with E-state index >= 15 is 0 Å². The van der Waals surface area contributed by atoms with Crippen molar-refractivity contribution in [3.8, 4) is 5.75 Å². The molecule has 2 heteroatoms. The zero-order chi connectivity index (χ0) is 6.97. The highest BCUT2D eigenvalue weighted by molar-refractivity contribution is 5.40. The molecule has 0 saturated carbocycles. The van der Waals surface area contributed by atoms with Gasteiger partial charge in [-0.3, -0.25) is 4.98 Å². The Balaban J connectivity index is 2.59. The minimum atomic E-state index is 0.821. The van der Waals surface area contributed by atoms with E-state index in [9.17, 15) is 0 Å². The molecule has 0 bridgehead atoms. The van der Waals surface area contributed by atoms with E-state index in [1.54, 1.807) is 0 Å². The standard InChI is InChI=1S/C8H9NO/c1-6-4-9-5-7-2-3-10-8(6)7/h4-5H,2-3H2,1H3. The molecule has 0 atom stereocenters. The summed E-state index contributed by atoms with van der Waals surface area (Å²) in [6, 6.07) is 0. The summed E-state index contributed by atoms with van der Waals surface area (Å²) < 4.78 is 5.39. The minimum absolute atomic E-state index is 0.821. The first-order valence-corrected chi connectivity index (χ1v) is 3.44. The summed E-state index contributed by atoms with van der Waals surface area (Å²) in [4.78, 5) is 4.08. The van der Waals surface area contributed by atoms with Gasteiger partial charge in [-0.25, -0.2) is 0 Å². The van der Waals surface area contributed by atoms with Crippen LogP contribution in [0.4, 0.5) is 0 Å². The summed E-state index contributed by atoms with van der Waals surface area (Å²) in [6.45, 7) is 2.85. The number of aromatic nitrogens is 1. The lowest BCUT2D eigenvalue weighted by Gasteiger charge is -1.99. The Hall–Kier alpha value is -1.05. The topological polar surface area (TPSA) is 22.1 Å². The van der Waals surface area contributed by atoms with Crippen LogP contribution in [0, 0.1) is 6.92 Å². The summed E-state index contributed by atoms with van der Waals surface area (Å²) in [5, 5.41) is 0. The van der Waals surface area contributed by atoms with Gasteiger partial charge in [0.15, 0.2) is 0 Å². The second-order valence-corrected chi connectivity index (χ2v) is 2.54. The molecule has 0 saturated heterocycles. The number of aryl methyl sites for hydroxylation is 1. The average Bonchev–Trinajstić information content (AvgIpc) is 2.36. The van der Waals surface area contributed by atoms with Crippen LogP contribution in [-0.4, -0.2) is 11.6 Å². The smallest absolute Gasteiger partial charge is 0.128 e. The second-order valence-electron chi connectivity index (χ2n) is 2.54. The van der Waals surface area contributed by atoms with E-state index in [0.717, 1.165) is 24.3 Å². The highest BCUT2D eigenvalue weighted by Crippen LogP contribution is 2.26. The van der Waals surface area contributed by atoms with E-state index in [1.165, 1.54) is 5.56 Å². The number of hydrogen-bond acceptors (Lipinski definition) is 2. The molecule has 0 radical (unpaired) electrons. The van der Waals surface area contributed by atoms with Gasteiger partial charge in [0.05, 0.1) is 6.61 Å². The molecule has 0 fully saturated rings. The first-order chi connectivity index (χ1) is 4.88. The number of fused-ring (bicyclic) bond motifs is 1. The van der Waals surface area contributed by atoms with Gasteiger partial charge in [-0.2, -0.15) is 0 Å². The molecule has 1 aromatic rings. The van der Waals surface area contributed by atoms with Crippen molar-refractivity contribution in [1.29, 1.82) is 0 Å². The third kappa shape index (κ3) is 0.685. The number of nitrogens with zero attached hydrogens (tertiary/aromatic N) is 1. The molecular weight excluding hydrogens is 126 g/mol. The summed E-state index contributed by atoms with van der Waals surface area (Å²) in [6.07, 6.45) is 4.74. The lowest BCUT2D eigenvalue weighted by molar-refractivity contribution is 0.354. The minimum Gasteiger partial charge on any atom is -0.493 e. The van der Waals surface area contributed by atoms with Crippen LogP contribution in [0.25, 0.3) is 0 Å². The normalized spacial score (nSPS) is 14.5. The summed E-state index contributed by atoms with van der Waals surface area (Å²) in [5.41, 5.74) is 2.40. The SMILES string of the molecule is Cc1cncc2c1OCC2. The van der Waals surface area contributed by atoms with Gasteiger partial charge in [-0.1, -0.05) is 0 Å². The maximum Gasteiger partial charge on any atom is 0.128 e. The number of hydrogen-bond donors (Lipinski definition) is 0. The van der Waals surface area contributed by atoms with Crippen LogP contribution >= 0.6 is 0 Å². The van der Waals surface area contributed by atoms with Crippen molar-refractivity contribution in [2.45, 2.75) is 13.3 Å². The monoisotopic (exact) mass is 135 g/mol. The Morgan fingerprint density at radius 1 is 1.50 bits per heavy atom. The third-order valence-corrected chi connectivity index (χ3v) is 1.77. The predicted octanol–water partition coefficient (Wildman–Crippen LogP) is 1.32. The van der Waals surface area contributed by atoms with Crippen LogP contribution in [0.2, 0.25) is 0 Å². The van der Waals surface area contributed by atoms with Gasteiger partial charge in [0.25, 0.3) is 0 Å². The van der Waals surface area contributed by atoms with E-state index < -0.39 is 0 Å². The van der Waals surface area contributed by atoms with E-state index in [4.69, 9.17) is 4.74 Å². The van der Waals surface area contributed by atoms with Crippen molar-refractivity contribution in [3.63, 3.8) is 0 Å². The molecule has 1 aliphatic rings. The lowest BCUT2D eigenvalue weighted by Crippen LogP contribution is -1.87. The molecule has 1 aliphatic heterocycles. The zero-order valence-electron chi connectivity index (χ0n) is 5.92. The van der Waals surface area contributed by atoms with E-state index in [2.05, 4.69) is 4.98 Å². The van der Waals surface area contributed by atoms with Gasteiger partial charge in [-0.15, -0.1) is 0 Å². The maximum absolute atomic E-state index is 5.39. The average molecular weight is 135 g/mol. The van der Waals surface area contributed by atoms with Gasteiger partial charge in [0.1, 0.15) is 5.75 Å². The molecule has 2 heterocycles. The molecule has 0 amide bonds. The molecule has 0 aromatic carbocycles. The van der Waals surface area contributed by atoms with Crippen LogP contribution in [0.1, 0.15) is 11.1 Å². The molecule has 0 spiro atoms. The fourth-order valence-corrected chi connectivity index (χ4v) is 1.26. The van der Waals surface area contributed by atoms with Gasteiger partial charge in [0.2, 0.25) is 0 Å². The van der Waals surface area contributed by atoms with Gasteiger partial charge in [-0.05, 0) is 6.92 Å². The third-order valence-electron chi connectivity index (χ3n) is 1.77. The van der Waals surface area contributed by atoms with Crippen LogP contribution < -0.4 is 4.74 Å². The zero-order valence-corrected chi connectivity index (χ0v) is 5.92. The molecule has 10 heavy (non-hydrogen) atoms. The highest BCUT2D eigenvalue weighted by Gasteiger charge is 2.13. The summed E-state index contributed by atoms with van der Waals surface area (Å²) in [5.74, 6) is 1.05. The van der Waals surface area contributed by atoms with Crippen LogP contribution in [0.5, 0.6) is 5.75 Å². The molecule has 0 N–H and O–H groups in total. The van der Waals surface area contributed by atoms with E-state index in [1.807, 2.05) is 19.3 Å². The lowest BCUT2D eigenvalue weighted by atomic mass is 10.2. The van der Waals surface area contributed by atoms with Crippen LogP contribution in [0.15, 0.2) is 12.4 Å². The number of rotatable bonds is 0. The Kier molecular flexibility index (Phi) is 1.13. The molecule has 52 valence electrons. The Morgan fingerprint density at radius 2 is 2.40 bits per heavy atom. The maximum atomic E-state index is 5.39. The number of ether oxygens (including phenoxy) is 1. The largest absolute Gasteiger partial charge is 0.493 e. The first kappa shape index (κ1) is 5.71. The molecule has 1 aromatic heterocycles.